The Morgan fingerprint density at radius 3 is 2.74 bits per heavy atom. The van der Waals surface area contributed by atoms with Gasteiger partial charge in [0.25, 0.3) is 11.8 Å². The number of benzene rings is 2. The first-order valence-corrected chi connectivity index (χ1v) is 12.4. The smallest absolute Gasteiger partial charge is 0.274 e. The summed E-state index contributed by atoms with van der Waals surface area (Å²) in [6, 6.07) is 13.2. The van der Waals surface area contributed by atoms with E-state index in [1.165, 1.54) is 18.4 Å². The molecule has 2 amide bonds. The first kappa shape index (κ1) is 23.2. The SMILES string of the molecule is COc1ccc(OC)c(C(=O)NC[C@@H]2C[C@@H]3C[C@@H]3N2C(=O)c2nc(N)sc2-c2cccc(C)c2)c1. The Balaban J connectivity index is 1.36. The molecule has 1 aromatic heterocycles. The second-order valence-corrected chi connectivity index (χ2v) is 10.1. The van der Waals surface area contributed by atoms with E-state index in [4.69, 9.17) is 15.2 Å². The first-order valence-electron chi connectivity index (χ1n) is 11.6. The Bertz CT molecular complexity index is 1290. The standard InChI is InChI=1S/C26H28N4O4S/c1-14-5-4-6-15(9-14)23-22(29-26(27)35-23)25(32)30-17(10-16-11-20(16)30)13-28-24(31)19-12-18(33-2)7-8-21(19)34-3/h4-9,12,16-17,20H,10-11,13H2,1-3H3,(H2,27,29)(H,28,31)/t16-,17+,20+/m1/s1. The van der Waals surface area contributed by atoms with Crippen LogP contribution in [0.1, 0.15) is 39.3 Å². The maximum absolute atomic E-state index is 13.8. The molecule has 5 rings (SSSR count). The lowest BCUT2D eigenvalue weighted by Crippen LogP contribution is -2.45. The van der Waals surface area contributed by atoms with Gasteiger partial charge in [-0.3, -0.25) is 9.59 Å². The van der Waals surface area contributed by atoms with Crippen LogP contribution in [0.25, 0.3) is 10.4 Å². The van der Waals surface area contributed by atoms with Crippen LogP contribution >= 0.6 is 11.3 Å². The van der Waals surface area contributed by atoms with Gasteiger partial charge in [0, 0.05) is 12.6 Å². The molecule has 0 radical (unpaired) electrons. The molecule has 2 aliphatic rings. The molecule has 9 heteroatoms. The number of fused-ring (bicyclic) bond motifs is 1. The van der Waals surface area contributed by atoms with Crippen LogP contribution in [0.4, 0.5) is 5.13 Å². The second-order valence-electron chi connectivity index (χ2n) is 9.04. The molecule has 2 fully saturated rings. The number of rotatable bonds is 7. The van der Waals surface area contributed by atoms with Crippen LogP contribution in [0, 0.1) is 12.8 Å². The summed E-state index contributed by atoms with van der Waals surface area (Å²) < 4.78 is 10.6. The molecule has 1 saturated heterocycles. The Hall–Kier alpha value is -3.59. The summed E-state index contributed by atoms with van der Waals surface area (Å²) in [5, 5.41) is 3.36. The number of aryl methyl sites for hydroxylation is 1. The third-order valence-corrected chi connectivity index (χ3v) is 7.65. The molecule has 0 unspecified atom stereocenters. The number of thiazole rings is 1. The van der Waals surface area contributed by atoms with Crippen LogP contribution in [0.5, 0.6) is 11.5 Å². The highest BCUT2D eigenvalue weighted by Gasteiger charge is 2.54. The van der Waals surface area contributed by atoms with E-state index >= 15 is 0 Å². The number of nitrogens with one attached hydrogen (secondary N) is 1. The van der Waals surface area contributed by atoms with Gasteiger partial charge in [-0.25, -0.2) is 4.98 Å². The summed E-state index contributed by atoms with van der Waals surface area (Å²) in [6.45, 7) is 2.36. The number of anilines is 1. The van der Waals surface area contributed by atoms with Gasteiger partial charge in [-0.2, -0.15) is 0 Å². The third kappa shape index (κ3) is 4.43. The summed E-state index contributed by atoms with van der Waals surface area (Å²) in [6.07, 6.45) is 1.84. The van der Waals surface area contributed by atoms with E-state index in [0.717, 1.165) is 28.8 Å². The van der Waals surface area contributed by atoms with Crippen molar-refractivity contribution in [3.05, 3.63) is 59.3 Å². The maximum atomic E-state index is 13.8. The molecule has 182 valence electrons. The van der Waals surface area contributed by atoms with Crippen molar-refractivity contribution >= 4 is 28.3 Å². The Kier molecular flexibility index (Phi) is 6.10. The van der Waals surface area contributed by atoms with Crippen LogP contribution in [0.3, 0.4) is 0 Å². The van der Waals surface area contributed by atoms with Gasteiger partial charge in [-0.15, -0.1) is 0 Å². The number of nitrogens with two attached hydrogens (primary N) is 1. The number of ether oxygens (including phenoxy) is 2. The number of carbonyl (C=O) groups is 2. The lowest BCUT2D eigenvalue weighted by molar-refractivity contribution is 0.0684. The average molecular weight is 493 g/mol. The van der Waals surface area contributed by atoms with Crippen molar-refractivity contribution in [1.82, 2.24) is 15.2 Å². The fraction of sp³-hybridized carbons (Fsp3) is 0.346. The van der Waals surface area contributed by atoms with Crippen LogP contribution in [0.15, 0.2) is 42.5 Å². The quantitative estimate of drug-likeness (QED) is 0.520. The minimum atomic E-state index is -0.271. The number of nitrogens with zero attached hydrogens (tertiary/aromatic N) is 2. The number of methoxy groups -OCH3 is 2. The third-order valence-electron chi connectivity index (χ3n) is 6.72. The molecule has 2 heterocycles. The second kappa shape index (κ2) is 9.22. The fourth-order valence-corrected chi connectivity index (χ4v) is 5.76. The number of carbonyl (C=O) groups excluding carboxylic acids is 2. The van der Waals surface area contributed by atoms with Crippen molar-refractivity contribution in [2.75, 3.05) is 26.5 Å². The number of aromatic nitrogens is 1. The number of hydrogen-bond acceptors (Lipinski definition) is 7. The maximum Gasteiger partial charge on any atom is 0.274 e. The monoisotopic (exact) mass is 492 g/mol. The van der Waals surface area contributed by atoms with Crippen molar-refractivity contribution in [3.8, 4) is 21.9 Å². The molecular formula is C26H28N4O4S. The van der Waals surface area contributed by atoms with E-state index in [1.807, 2.05) is 36.1 Å². The minimum absolute atomic E-state index is 0.111. The van der Waals surface area contributed by atoms with Gasteiger partial charge in [-0.05, 0) is 49.4 Å². The van der Waals surface area contributed by atoms with Crippen molar-refractivity contribution in [3.63, 3.8) is 0 Å². The highest BCUT2D eigenvalue weighted by atomic mass is 32.1. The summed E-state index contributed by atoms with van der Waals surface area (Å²) in [5.41, 5.74) is 8.85. The molecule has 1 aliphatic carbocycles. The van der Waals surface area contributed by atoms with E-state index in [1.54, 1.807) is 25.3 Å². The van der Waals surface area contributed by atoms with Gasteiger partial charge in [0.05, 0.1) is 30.7 Å². The average Bonchev–Trinajstić information content (AvgIpc) is 3.35. The topological polar surface area (TPSA) is 107 Å². The lowest BCUT2D eigenvalue weighted by atomic mass is 10.1. The van der Waals surface area contributed by atoms with Gasteiger partial charge < -0.3 is 25.4 Å². The summed E-state index contributed by atoms with van der Waals surface area (Å²) in [5.74, 6) is 1.10. The number of amides is 2. The molecule has 0 spiro atoms. The predicted octanol–water partition coefficient (Wildman–Crippen LogP) is 3.75. The van der Waals surface area contributed by atoms with Crippen LogP contribution in [-0.2, 0) is 0 Å². The molecule has 2 aromatic carbocycles. The normalized spacial score (nSPS) is 20.3. The van der Waals surface area contributed by atoms with Gasteiger partial charge in [0.1, 0.15) is 17.2 Å². The van der Waals surface area contributed by atoms with Crippen molar-refractivity contribution in [2.24, 2.45) is 5.92 Å². The van der Waals surface area contributed by atoms with Crippen LogP contribution in [-0.4, -0.2) is 54.5 Å². The molecule has 1 aliphatic heterocycles. The molecular weight excluding hydrogens is 464 g/mol. The Morgan fingerprint density at radius 2 is 2.00 bits per heavy atom. The Morgan fingerprint density at radius 1 is 1.17 bits per heavy atom. The zero-order chi connectivity index (χ0) is 24.7. The molecule has 0 bridgehead atoms. The van der Waals surface area contributed by atoms with Crippen molar-refractivity contribution in [1.29, 1.82) is 0 Å². The highest BCUT2D eigenvalue weighted by molar-refractivity contribution is 7.19. The number of hydrogen-bond donors (Lipinski definition) is 2. The fourth-order valence-electron chi connectivity index (χ4n) is 4.94. The van der Waals surface area contributed by atoms with E-state index in [2.05, 4.69) is 10.3 Å². The molecule has 8 nitrogen and oxygen atoms in total. The van der Waals surface area contributed by atoms with Crippen molar-refractivity contribution < 1.29 is 19.1 Å². The van der Waals surface area contributed by atoms with E-state index in [9.17, 15) is 9.59 Å². The van der Waals surface area contributed by atoms with E-state index in [-0.39, 0.29) is 23.9 Å². The Labute approximate surface area is 208 Å². The zero-order valence-electron chi connectivity index (χ0n) is 19.9. The molecule has 3 atom stereocenters. The summed E-state index contributed by atoms with van der Waals surface area (Å²) in [4.78, 5) is 33.8. The summed E-state index contributed by atoms with van der Waals surface area (Å²) >= 11 is 1.33. The molecule has 3 aromatic rings. The molecule has 1 saturated carbocycles. The highest BCUT2D eigenvalue weighted by Crippen LogP contribution is 2.49. The summed E-state index contributed by atoms with van der Waals surface area (Å²) in [7, 11) is 3.07. The molecule has 35 heavy (non-hydrogen) atoms. The predicted molar refractivity (Wildman–Crippen MR) is 135 cm³/mol. The molecule has 3 N–H and O–H groups in total. The van der Waals surface area contributed by atoms with Crippen LogP contribution in [0.2, 0.25) is 0 Å². The minimum Gasteiger partial charge on any atom is -0.497 e. The lowest BCUT2D eigenvalue weighted by Gasteiger charge is -2.27. The van der Waals surface area contributed by atoms with Gasteiger partial charge in [-0.1, -0.05) is 41.2 Å². The van der Waals surface area contributed by atoms with Gasteiger partial charge in [0.2, 0.25) is 0 Å². The van der Waals surface area contributed by atoms with Crippen LogP contribution < -0.4 is 20.5 Å². The largest absolute Gasteiger partial charge is 0.497 e. The van der Waals surface area contributed by atoms with Gasteiger partial charge >= 0.3 is 0 Å². The number of likely N-dealkylation sites (tertiary alicyclic amines) is 1. The van der Waals surface area contributed by atoms with E-state index < -0.39 is 0 Å². The first-order chi connectivity index (χ1) is 16.9. The van der Waals surface area contributed by atoms with Gasteiger partial charge in [0.15, 0.2) is 5.13 Å². The van der Waals surface area contributed by atoms with Crippen molar-refractivity contribution in [2.45, 2.75) is 31.8 Å². The number of nitrogen functional groups attached to an aromatic ring is 1. The number of piperidine rings is 1. The zero-order valence-corrected chi connectivity index (χ0v) is 20.7. The van der Waals surface area contributed by atoms with E-state index in [0.29, 0.717) is 40.4 Å².